The lowest BCUT2D eigenvalue weighted by atomic mass is 10.0. The maximum absolute atomic E-state index is 14.5. The molecule has 38 heavy (non-hydrogen) atoms. The SMILES string of the molecule is COc1ccc(C)c(C(=O)CN2CCC(Oc3ncnc(Oc4ccc(S(C)(=O)=O)cc4F)c3C)CC2)c1. The standard InChI is InChI=1S/C27H30FN3O6S/c1-17-5-6-20(35-3)13-22(17)24(32)15-31-11-9-19(10-12-31)36-26-18(2)27(30-16-29-26)37-25-8-7-21(14-23(25)28)38(4,33)34/h5-8,13-14,16,19H,9-12,15H2,1-4H3. The number of halogens is 1. The number of benzene rings is 2. The van der Waals surface area contributed by atoms with Gasteiger partial charge in [0.15, 0.2) is 27.2 Å². The highest BCUT2D eigenvalue weighted by molar-refractivity contribution is 7.90. The summed E-state index contributed by atoms with van der Waals surface area (Å²) >= 11 is 0. The molecule has 0 saturated carbocycles. The van der Waals surface area contributed by atoms with E-state index in [9.17, 15) is 17.6 Å². The largest absolute Gasteiger partial charge is 0.497 e. The normalized spacial score (nSPS) is 14.8. The molecule has 0 aliphatic carbocycles. The van der Waals surface area contributed by atoms with E-state index in [4.69, 9.17) is 14.2 Å². The van der Waals surface area contributed by atoms with Crippen molar-refractivity contribution in [1.29, 1.82) is 0 Å². The zero-order valence-corrected chi connectivity index (χ0v) is 22.5. The maximum Gasteiger partial charge on any atom is 0.229 e. The van der Waals surface area contributed by atoms with Gasteiger partial charge in [0.05, 0.1) is 24.1 Å². The second-order valence-electron chi connectivity index (χ2n) is 9.27. The fourth-order valence-corrected chi connectivity index (χ4v) is 4.83. The molecule has 1 aliphatic rings. The van der Waals surface area contributed by atoms with Crippen LogP contribution in [0.1, 0.15) is 34.3 Å². The summed E-state index contributed by atoms with van der Waals surface area (Å²) in [7, 11) is -1.97. The molecule has 0 N–H and O–H groups in total. The van der Waals surface area contributed by atoms with Crippen molar-refractivity contribution in [2.24, 2.45) is 0 Å². The third kappa shape index (κ3) is 6.46. The predicted molar refractivity (Wildman–Crippen MR) is 139 cm³/mol. The number of aromatic nitrogens is 2. The van der Waals surface area contributed by atoms with Gasteiger partial charge in [0.25, 0.3) is 0 Å². The van der Waals surface area contributed by atoms with Gasteiger partial charge in [-0.1, -0.05) is 6.07 Å². The number of piperidine rings is 1. The molecule has 0 atom stereocenters. The third-order valence-electron chi connectivity index (χ3n) is 6.45. The van der Waals surface area contributed by atoms with Gasteiger partial charge in [-0.25, -0.2) is 22.8 Å². The van der Waals surface area contributed by atoms with Crippen molar-refractivity contribution in [2.75, 3.05) is 33.0 Å². The Hall–Kier alpha value is -3.57. The Morgan fingerprint density at radius 2 is 1.79 bits per heavy atom. The summed E-state index contributed by atoms with van der Waals surface area (Å²) in [6.45, 7) is 5.30. The fourth-order valence-electron chi connectivity index (χ4n) is 4.20. The van der Waals surface area contributed by atoms with Crippen LogP contribution in [0.2, 0.25) is 0 Å². The van der Waals surface area contributed by atoms with Crippen LogP contribution in [0.15, 0.2) is 47.6 Å². The topological polar surface area (TPSA) is 108 Å². The van der Waals surface area contributed by atoms with Gasteiger partial charge < -0.3 is 14.2 Å². The van der Waals surface area contributed by atoms with Gasteiger partial charge in [-0.15, -0.1) is 0 Å². The van der Waals surface area contributed by atoms with Crippen LogP contribution in [0.25, 0.3) is 0 Å². The maximum atomic E-state index is 14.5. The van der Waals surface area contributed by atoms with E-state index in [1.807, 2.05) is 19.1 Å². The smallest absolute Gasteiger partial charge is 0.229 e. The van der Waals surface area contributed by atoms with Gasteiger partial charge >= 0.3 is 0 Å². The van der Waals surface area contributed by atoms with Crippen LogP contribution in [0.5, 0.6) is 23.3 Å². The number of aryl methyl sites for hydroxylation is 1. The van der Waals surface area contributed by atoms with E-state index >= 15 is 0 Å². The number of ketones is 1. The van der Waals surface area contributed by atoms with Gasteiger partial charge in [0.1, 0.15) is 18.2 Å². The Morgan fingerprint density at radius 1 is 1.08 bits per heavy atom. The highest BCUT2D eigenvalue weighted by Crippen LogP contribution is 2.31. The summed E-state index contributed by atoms with van der Waals surface area (Å²) in [5, 5.41) is 0. The molecule has 2 aromatic carbocycles. The first-order valence-electron chi connectivity index (χ1n) is 12.1. The van der Waals surface area contributed by atoms with Crippen molar-refractivity contribution in [3.63, 3.8) is 0 Å². The summed E-state index contributed by atoms with van der Waals surface area (Å²) < 4.78 is 54.7. The van der Waals surface area contributed by atoms with Crippen LogP contribution in [-0.4, -0.2) is 68.2 Å². The quantitative estimate of drug-likeness (QED) is 0.368. The van der Waals surface area contributed by atoms with Crippen molar-refractivity contribution in [3.8, 4) is 23.3 Å². The number of carbonyl (C=O) groups excluding carboxylic acids is 1. The molecule has 0 spiro atoms. The van der Waals surface area contributed by atoms with Gasteiger partial charge in [-0.3, -0.25) is 9.69 Å². The minimum absolute atomic E-state index is 0.0472. The summed E-state index contributed by atoms with van der Waals surface area (Å²) in [6, 6.07) is 8.93. The molecule has 9 nitrogen and oxygen atoms in total. The molecule has 1 aromatic heterocycles. The number of carbonyl (C=O) groups is 1. The van der Waals surface area contributed by atoms with Crippen LogP contribution in [0.4, 0.5) is 4.39 Å². The Morgan fingerprint density at radius 3 is 2.45 bits per heavy atom. The third-order valence-corrected chi connectivity index (χ3v) is 7.57. The number of ether oxygens (including phenoxy) is 3. The molecule has 0 radical (unpaired) electrons. The Balaban J connectivity index is 1.36. The van der Waals surface area contributed by atoms with E-state index in [0.717, 1.165) is 17.9 Å². The molecule has 0 unspecified atom stereocenters. The first-order valence-corrected chi connectivity index (χ1v) is 14.0. The number of hydrogen-bond donors (Lipinski definition) is 0. The van der Waals surface area contributed by atoms with E-state index < -0.39 is 15.7 Å². The highest BCUT2D eigenvalue weighted by atomic mass is 32.2. The van der Waals surface area contributed by atoms with Gasteiger partial charge in [0.2, 0.25) is 11.8 Å². The zero-order valence-electron chi connectivity index (χ0n) is 21.7. The molecule has 202 valence electrons. The molecule has 0 bridgehead atoms. The van der Waals surface area contributed by atoms with Gasteiger partial charge in [-0.05, 0) is 62.6 Å². The molecular weight excluding hydrogens is 513 g/mol. The average molecular weight is 544 g/mol. The van der Waals surface area contributed by atoms with Crippen LogP contribution >= 0.6 is 0 Å². The Kier molecular flexibility index (Phi) is 8.27. The van der Waals surface area contributed by atoms with Crippen molar-refractivity contribution < 1.29 is 31.8 Å². The lowest BCUT2D eigenvalue weighted by molar-refractivity contribution is 0.0774. The molecule has 11 heteroatoms. The molecule has 4 rings (SSSR count). The minimum Gasteiger partial charge on any atom is -0.497 e. The van der Waals surface area contributed by atoms with Crippen molar-refractivity contribution in [1.82, 2.24) is 14.9 Å². The number of rotatable bonds is 9. The van der Waals surface area contributed by atoms with Gasteiger partial charge in [0, 0.05) is 24.9 Å². The minimum atomic E-state index is -3.54. The Labute approximate surface area is 221 Å². The van der Waals surface area contributed by atoms with Crippen LogP contribution in [0.3, 0.4) is 0 Å². The lowest BCUT2D eigenvalue weighted by Crippen LogP contribution is -2.41. The van der Waals surface area contributed by atoms with E-state index in [0.29, 0.717) is 55.2 Å². The summed E-state index contributed by atoms with van der Waals surface area (Å²) in [5.74, 6) is 0.158. The van der Waals surface area contributed by atoms with Crippen molar-refractivity contribution >= 4 is 15.6 Å². The summed E-state index contributed by atoms with van der Waals surface area (Å²) in [5.41, 5.74) is 2.07. The first kappa shape index (κ1) is 27.5. The number of likely N-dealkylation sites (tertiary alicyclic amines) is 1. The predicted octanol–water partition coefficient (Wildman–Crippen LogP) is 4.16. The Bertz CT molecular complexity index is 1440. The zero-order chi connectivity index (χ0) is 27.4. The molecular formula is C27H30FN3O6S. The molecule has 2 heterocycles. The second kappa shape index (κ2) is 11.4. The number of nitrogens with zero attached hydrogens (tertiary/aromatic N) is 3. The van der Waals surface area contributed by atoms with E-state index in [2.05, 4.69) is 14.9 Å². The second-order valence-corrected chi connectivity index (χ2v) is 11.3. The molecule has 1 saturated heterocycles. The van der Waals surface area contributed by atoms with E-state index in [-0.39, 0.29) is 28.4 Å². The van der Waals surface area contributed by atoms with Crippen molar-refractivity contribution in [3.05, 3.63) is 65.2 Å². The molecule has 1 aliphatic heterocycles. The van der Waals surface area contributed by atoms with Crippen LogP contribution in [0, 0.1) is 19.7 Å². The number of sulfone groups is 1. The molecule has 0 amide bonds. The molecule has 1 fully saturated rings. The first-order chi connectivity index (χ1) is 18.0. The van der Waals surface area contributed by atoms with E-state index in [1.165, 1.54) is 18.5 Å². The summed E-state index contributed by atoms with van der Waals surface area (Å²) in [4.78, 5) is 23.1. The summed E-state index contributed by atoms with van der Waals surface area (Å²) in [6.07, 6.45) is 3.55. The fraction of sp³-hybridized carbons (Fsp3) is 0.370. The van der Waals surface area contributed by atoms with E-state index in [1.54, 1.807) is 20.1 Å². The number of Topliss-reactive ketones (excluding diaryl/α,β-unsaturated/α-hetero) is 1. The van der Waals surface area contributed by atoms with Crippen LogP contribution < -0.4 is 14.2 Å². The van der Waals surface area contributed by atoms with Crippen LogP contribution in [-0.2, 0) is 9.84 Å². The number of hydrogen-bond acceptors (Lipinski definition) is 9. The number of methoxy groups -OCH3 is 1. The lowest BCUT2D eigenvalue weighted by Gasteiger charge is -2.31. The monoisotopic (exact) mass is 543 g/mol. The molecule has 3 aromatic rings. The highest BCUT2D eigenvalue weighted by Gasteiger charge is 2.25. The average Bonchev–Trinajstić information content (AvgIpc) is 2.88. The van der Waals surface area contributed by atoms with Gasteiger partial charge in [-0.2, -0.15) is 0 Å². The van der Waals surface area contributed by atoms with Crippen molar-refractivity contribution in [2.45, 2.75) is 37.7 Å².